The van der Waals surface area contributed by atoms with E-state index in [1.54, 1.807) is 0 Å². The maximum absolute atomic E-state index is 11.4. The van der Waals surface area contributed by atoms with Crippen LogP contribution in [-0.4, -0.2) is 25.2 Å². The normalized spacial score (nSPS) is 11.7. The summed E-state index contributed by atoms with van der Waals surface area (Å²) in [5, 5.41) is -0.424. The van der Waals surface area contributed by atoms with E-state index in [2.05, 4.69) is 0 Å². The summed E-state index contributed by atoms with van der Waals surface area (Å²) < 4.78 is 9.65. The van der Waals surface area contributed by atoms with Crippen molar-refractivity contribution in [3.05, 3.63) is 10.7 Å². The van der Waals surface area contributed by atoms with Gasteiger partial charge in [-0.3, -0.25) is 0 Å². The SMILES string of the molecule is CCCCOC(=O)/C(N)=C(/Cl)C(=O)OCCCC. The predicted octanol–water partition coefficient (Wildman–Crippen LogP) is 2.08. The Labute approximate surface area is 112 Å². The minimum Gasteiger partial charge on any atom is -0.461 e. The molecular weight excluding hydrogens is 258 g/mol. The fraction of sp³-hybridized carbons (Fsp3) is 0.667. The van der Waals surface area contributed by atoms with Crippen molar-refractivity contribution in [3.63, 3.8) is 0 Å². The van der Waals surface area contributed by atoms with Crippen molar-refractivity contribution in [1.29, 1.82) is 0 Å². The van der Waals surface area contributed by atoms with E-state index in [0.717, 1.165) is 25.7 Å². The molecule has 0 radical (unpaired) electrons. The Hall–Kier alpha value is -1.23. The van der Waals surface area contributed by atoms with Crippen molar-refractivity contribution < 1.29 is 19.1 Å². The fourth-order valence-electron chi connectivity index (χ4n) is 0.959. The summed E-state index contributed by atoms with van der Waals surface area (Å²) in [4.78, 5) is 22.8. The number of carbonyl (C=O) groups is 2. The number of esters is 2. The molecule has 0 heterocycles. The zero-order valence-corrected chi connectivity index (χ0v) is 11.6. The molecule has 0 aliphatic carbocycles. The molecule has 0 aliphatic rings. The molecular formula is C12H20ClNO4. The van der Waals surface area contributed by atoms with Gasteiger partial charge in [0.2, 0.25) is 0 Å². The molecule has 0 bridgehead atoms. The smallest absolute Gasteiger partial charge is 0.356 e. The zero-order valence-electron chi connectivity index (χ0n) is 10.8. The van der Waals surface area contributed by atoms with Gasteiger partial charge in [-0.05, 0) is 12.8 Å². The zero-order chi connectivity index (χ0) is 14.0. The summed E-state index contributed by atoms with van der Waals surface area (Å²) in [6, 6.07) is 0. The Kier molecular flexibility index (Phi) is 9.10. The van der Waals surface area contributed by atoms with Gasteiger partial charge in [0.15, 0.2) is 5.03 Å². The molecule has 0 spiro atoms. The Morgan fingerprint density at radius 2 is 1.44 bits per heavy atom. The largest absolute Gasteiger partial charge is 0.461 e. The van der Waals surface area contributed by atoms with Crippen LogP contribution >= 0.6 is 11.6 Å². The van der Waals surface area contributed by atoms with Gasteiger partial charge in [-0.25, -0.2) is 9.59 Å². The lowest BCUT2D eigenvalue weighted by Gasteiger charge is -2.06. The third-order valence-corrected chi connectivity index (χ3v) is 2.46. The maximum Gasteiger partial charge on any atom is 0.356 e. The van der Waals surface area contributed by atoms with E-state index < -0.39 is 22.7 Å². The monoisotopic (exact) mass is 277 g/mol. The third-order valence-electron chi connectivity index (χ3n) is 2.10. The molecule has 0 amide bonds. The molecule has 0 atom stereocenters. The lowest BCUT2D eigenvalue weighted by molar-refractivity contribution is -0.142. The molecule has 0 aromatic carbocycles. The van der Waals surface area contributed by atoms with Crippen molar-refractivity contribution in [3.8, 4) is 0 Å². The number of halogens is 1. The first kappa shape index (κ1) is 16.8. The van der Waals surface area contributed by atoms with E-state index in [9.17, 15) is 9.59 Å². The van der Waals surface area contributed by atoms with E-state index in [4.69, 9.17) is 26.8 Å². The molecule has 5 nitrogen and oxygen atoms in total. The van der Waals surface area contributed by atoms with Crippen LogP contribution in [0.25, 0.3) is 0 Å². The molecule has 0 aliphatic heterocycles. The quantitative estimate of drug-likeness (QED) is 0.417. The highest BCUT2D eigenvalue weighted by molar-refractivity contribution is 6.43. The van der Waals surface area contributed by atoms with Gasteiger partial charge >= 0.3 is 11.9 Å². The van der Waals surface area contributed by atoms with Gasteiger partial charge in [-0.2, -0.15) is 0 Å². The average Bonchev–Trinajstić information content (AvgIpc) is 2.37. The van der Waals surface area contributed by atoms with E-state index in [1.807, 2.05) is 13.8 Å². The van der Waals surface area contributed by atoms with Crippen LogP contribution in [0.5, 0.6) is 0 Å². The molecule has 0 rings (SSSR count). The minimum atomic E-state index is -0.796. The Morgan fingerprint density at radius 1 is 1.00 bits per heavy atom. The highest BCUT2D eigenvalue weighted by Gasteiger charge is 2.19. The summed E-state index contributed by atoms with van der Waals surface area (Å²) in [7, 11) is 0. The summed E-state index contributed by atoms with van der Waals surface area (Å²) in [6.45, 7) is 4.44. The summed E-state index contributed by atoms with van der Waals surface area (Å²) in [5.41, 5.74) is 5.01. The molecule has 6 heteroatoms. The predicted molar refractivity (Wildman–Crippen MR) is 68.8 cm³/mol. The van der Waals surface area contributed by atoms with E-state index >= 15 is 0 Å². The Balaban J connectivity index is 4.30. The second-order valence-corrected chi connectivity index (χ2v) is 4.08. The van der Waals surface area contributed by atoms with Crippen molar-refractivity contribution in [2.75, 3.05) is 13.2 Å². The summed E-state index contributed by atoms with van der Waals surface area (Å²) >= 11 is 5.65. The molecule has 0 fully saturated rings. The van der Waals surface area contributed by atoms with Crippen LogP contribution in [0.4, 0.5) is 0 Å². The number of rotatable bonds is 8. The number of ether oxygens (including phenoxy) is 2. The van der Waals surface area contributed by atoms with Crippen LogP contribution in [-0.2, 0) is 19.1 Å². The first-order valence-electron chi connectivity index (χ1n) is 6.04. The van der Waals surface area contributed by atoms with Crippen molar-refractivity contribution in [2.24, 2.45) is 5.73 Å². The molecule has 0 saturated heterocycles. The lowest BCUT2D eigenvalue weighted by Crippen LogP contribution is -2.20. The van der Waals surface area contributed by atoms with Gasteiger partial charge in [0.05, 0.1) is 13.2 Å². The van der Waals surface area contributed by atoms with Crippen molar-refractivity contribution >= 4 is 23.5 Å². The Bertz CT molecular complexity index is 285. The number of hydrogen-bond donors (Lipinski definition) is 1. The van der Waals surface area contributed by atoms with Crippen LogP contribution in [0.15, 0.2) is 10.7 Å². The van der Waals surface area contributed by atoms with Gasteiger partial charge in [-0.15, -0.1) is 0 Å². The first-order valence-corrected chi connectivity index (χ1v) is 6.41. The van der Waals surface area contributed by atoms with Gasteiger partial charge in [0.1, 0.15) is 5.70 Å². The molecule has 0 aromatic rings. The minimum absolute atomic E-state index is 0.254. The fourth-order valence-corrected chi connectivity index (χ4v) is 1.09. The molecule has 0 saturated carbocycles. The molecule has 0 aromatic heterocycles. The molecule has 104 valence electrons. The number of hydrogen-bond acceptors (Lipinski definition) is 5. The second kappa shape index (κ2) is 9.76. The van der Waals surface area contributed by atoms with Crippen LogP contribution < -0.4 is 5.73 Å². The van der Waals surface area contributed by atoms with Crippen LogP contribution in [0.2, 0.25) is 0 Å². The van der Waals surface area contributed by atoms with Gasteiger partial charge in [0.25, 0.3) is 0 Å². The Morgan fingerprint density at radius 3 is 1.89 bits per heavy atom. The van der Waals surface area contributed by atoms with Gasteiger partial charge in [-0.1, -0.05) is 38.3 Å². The first-order chi connectivity index (χ1) is 8.54. The summed E-state index contributed by atoms with van der Waals surface area (Å²) in [5.74, 6) is -1.59. The molecule has 2 N–H and O–H groups in total. The highest BCUT2D eigenvalue weighted by Crippen LogP contribution is 2.10. The van der Waals surface area contributed by atoms with E-state index in [1.165, 1.54) is 0 Å². The standard InChI is InChI=1S/C12H20ClNO4/c1-3-5-7-17-11(15)9(13)10(14)12(16)18-8-6-4-2/h3-8,14H2,1-2H3/b10-9-. The van der Waals surface area contributed by atoms with Crippen molar-refractivity contribution in [1.82, 2.24) is 0 Å². The van der Waals surface area contributed by atoms with Crippen LogP contribution in [0.3, 0.4) is 0 Å². The highest BCUT2D eigenvalue weighted by atomic mass is 35.5. The van der Waals surface area contributed by atoms with Crippen LogP contribution in [0, 0.1) is 0 Å². The maximum atomic E-state index is 11.4. The van der Waals surface area contributed by atoms with E-state index in [0.29, 0.717) is 0 Å². The number of carbonyl (C=O) groups excluding carboxylic acids is 2. The van der Waals surface area contributed by atoms with Crippen molar-refractivity contribution in [2.45, 2.75) is 39.5 Å². The summed E-state index contributed by atoms with van der Waals surface area (Å²) in [6.07, 6.45) is 3.25. The van der Waals surface area contributed by atoms with Crippen LogP contribution in [0.1, 0.15) is 39.5 Å². The average molecular weight is 278 g/mol. The second-order valence-electron chi connectivity index (χ2n) is 3.71. The van der Waals surface area contributed by atoms with E-state index in [-0.39, 0.29) is 13.2 Å². The van der Waals surface area contributed by atoms with Gasteiger partial charge < -0.3 is 15.2 Å². The molecule has 18 heavy (non-hydrogen) atoms. The third kappa shape index (κ3) is 6.49. The topological polar surface area (TPSA) is 78.6 Å². The molecule has 0 unspecified atom stereocenters. The number of unbranched alkanes of at least 4 members (excludes halogenated alkanes) is 2. The number of nitrogens with two attached hydrogens (primary N) is 1. The van der Waals surface area contributed by atoms with Gasteiger partial charge in [0, 0.05) is 0 Å². The lowest BCUT2D eigenvalue weighted by atomic mass is 10.3.